The Bertz CT molecular complexity index is 633. The fraction of sp³-hybridized carbons (Fsp3) is 0.190. The highest BCUT2D eigenvalue weighted by Gasteiger charge is 2.20. The maximum absolute atomic E-state index is 11.6. The summed E-state index contributed by atoms with van der Waals surface area (Å²) >= 11 is 0. The molecule has 2 aromatic rings. The lowest BCUT2D eigenvalue weighted by Gasteiger charge is -2.20. The van der Waals surface area contributed by atoms with Crippen LogP contribution in [0.15, 0.2) is 72.8 Å². The fourth-order valence-corrected chi connectivity index (χ4v) is 1.69. The first-order valence-corrected chi connectivity index (χ1v) is 8.14. The minimum atomic E-state index is -1.21. The van der Waals surface area contributed by atoms with Gasteiger partial charge in [-0.05, 0) is 23.3 Å². The average molecular weight is 355 g/mol. The first-order chi connectivity index (χ1) is 12.5. The standard InChI is InChI=1S/C17H14O.C4H11NO3/c18-17(13-11-15-7-3-1-4-8-15)14-12-16-9-5-2-6-10-16;5-4(1-6,2-7)3-8/h1-14H;6-8H,1-3,5H2/b13-11+,14-12+;. The quantitative estimate of drug-likeness (QED) is 0.565. The van der Waals surface area contributed by atoms with E-state index in [4.69, 9.17) is 21.1 Å². The summed E-state index contributed by atoms with van der Waals surface area (Å²) in [6.45, 7) is -1.21. The van der Waals surface area contributed by atoms with E-state index in [1.807, 2.05) is 72.8 Å². The van der Waals surface area contributed by atoms with Gasteiger partial charge in [0.15, 0.2) is 5.78 Å². The average Bonchev–Trinajstić information content (AvgIpc) is 2.72. The molecule has 0 radical (unpaired) electrons. The summed E-state index contributed by atoms with van der Waals surface area (Å²) in [5.74, 6) is -0.0114. The third-order valence-electron chi connectivity index (χ3n) is 3.42. The lowest BCUT2D eigenvalue weighted by molar-refractivity contribution is -0.110. The van der Waals surface area contributed by atoms with E-state index in [-0.39, 0.29) is 5.78 Å². The van der Waals surface area contributed by atoms with Crippen molar-refractivity contribution < 1.29 is 20.1 Å². The molecule has 0 atom stereocenters. The predicted octanol–water partition coefficient (Wildman–Crippen LogP) is 1.64. The van der Waals surface area contributed by atoms with Gasteiger partial charge in [-0.1, -0.05) is 72.8 Å². The highest BCUT2D eigenvalue weighted by atomic mass is 16.3. The molecule has 5 heteroatoms. The van der Waals surface area contributed by atoms with Crippen LogP contribution in [-0.2, 0) is 4.79 Å². The molecule has 0 heterocycles. The van der Waals surface area contributed by atoms with Gasteiger partial charge in [0.1, 0.15) is 0 Å². The van der Waals surface area contributed by atoms with Crippen molar-refractivity contribution in [1.82, 2.24) is 0 Å². The Hall–Kier alpha value is -2.57. The van der Waals surface area contributed by atoms with Gasteiger partial charge in [-0.2, -0.15) is 0 Å². The van der Waals surface area contributed by atoms with Crippen molar-refractivity contribution in [3.8, 4) is 0 Å². The summed E-state index contributed by atoms with van der Waals surface area (Å²) in [5, 5.41) is 25.0. The monoisotopic (exact) mass is 355 g/mol. The first kappa shape index (κ1) is 21.5. The minimum absolute atomic E-state index is 0.0114. The summed E-state index contributed by atoms with van der Waals surface area (Å²) in [6, 6.07) is 19.6. The number of allylic oxidation sites excluding steroid dienone is 2. The molecular formula is C21H25NO4. The predicted molar refractivity (Wildman–Crippen MR) is 104 cm³/mol. The van der Waals surface area contributed by atoms with Crippen LogP contribution in [0.1, 0.15) is 11.1 Å². The Balaban J connectivity index is 0.000000359. The third kappa shape index (κ3) is 8.50. The minimum Gasteiger partial charge on any atom is -0.394 e. The summed E-state index contributed by atoms with van der Waals surface area (Å²) in [7, 11) is 0. The Morgan fingerprint density at radius 2 is 1.12 bits per heavy atom. The van der Waals surface area contributed by atoms with Gasteiger partial charge in [-0.15, -0.1) is 0 Å². The topological polar surface area (TPSA) is 104 Å². The largest absolute Gasteiger partial charge is 0.394 e. The zero-order chi connectivity index (χ0) is 19.3. The maximum atomic E-state index is 11.6. The Labute approximate surface area is 153 Å². The van der Waals surface area contributed by atoms with Crippen LogP contribution in [0.4, 0.5) is 0 Å². The number of ketones is 1. The van der Waals surface area contributed by atoms with Crippen LogP contribution in [0.2, 0.25) is 0 Å². The third-order valence-corrected chi connectivity index (χ3v) is 3.42. The molecule has 0 saturated heterocycles. The van der Waals surface area contributed by atoms with Gasteiger partial charge in [0, 0.05) is 0 Å². The van der Waals surface area contributed by atoms with Crippen molar-refractivity contribution in [2.75, 3.05) is 19.8 Å². The molecule has 2 rings (SSSR count). The zero-order valence-electron chi connectivity index (χ0n) is 14.5. The number of nitrogens with two attached hydrogens (primary N) is 1. The molecule has 5 nitrogen and oxygen atoms in total. The van der Waals surface area contributed by atoms with E-state index in [9.17, 15) is 4.79 Å². The van der Waals surface area contributed by atoms with Crippen molar-refractivity contribution in [2.24, 2.45) is 5.73 Å². The second-order valence-corrected chi connectivity index (χ2v) is 5.73. The van der Waals surface area contributed by atoms with Gasteiger partial charge in [0.05, 0.1) is 25.4 Å². The van der Waals surface area contributed by atoms with E-state index >= 15 is 0 Å². The van der Waals surface area contributed by atoms with Crippen LogP contribution in [0.25, 0.3) is 12.2 Å². The summed E-state index contributed by atoms with van der Waals surface area (Å²) < 4.78 is 0. The molecule has 0 amide bonds. The van der Waals surface area contributed by atoms with E-state index in [2.05, 4.69) is 0 Å². The summed E-state index contributed by atoms with van der Waals surface area (Å²) in [6.07, 6.45) is 6.79. The Morgan fingerprint density at radius 3 is 1.38 bits per heavy atom. The molecule has 0 aliphatic rings. The summed E-state index contributed by atoms with van der Waals surface area (Å²) in [4.78, 5) is 11.6. The van der Waals surface area contributed by atoms with Crippen molar-refractivity contribution in [3.05, 3.63) is 83.9 Å². The lowest BCUT2D eigenvalue weighted by atomic mass is 10.1. The van der Waals surface area contributed by atoms with Crippen LogP contribution in [0.5, 0.6) is 0 Å². The molecule has 0 spiro atoms. The van der Waals surface area contributed by atoms with Gasteiger partial charge < -0.3 is 21.1 Å². The molecular weight excluding hydrogens is 330 g/mol. The van der Waals surface area contributed by atoms with E-state index in [0.29, 0.717) is 0 Å². The SMILES string of the molecule is NC(CO)(CO)CO.O=C(/C=C/c1ccccc1)/C=C/c1ccccc1. The van der Waals surface area contributed by atoms with Crippen LogP contribution >= 0.6 is 0 Å². The van der Waals surface area contributed by atoms with Crippen LogP contribution in [-0.4, -0.2) is 46.5 Å². The number of rotatable bonds is 7. The molecule has 0 unspecified atom stereocenters. The first-order valence-electron chi connectivity index (χ1n) is 8.14. The van der Waals surface area contributed by atoms with Crippen molar-refractivity contribution in [2.45, 2.75) is 5.54 Å². The Kier molecular flexibility index (Phi) is 9.82. The van der Waals surface area contributed by atoms with E-state index in [0.717, 1.165) is 11.1 Å². The van der Waals surface area contributed by atoms with E-state index < -0.39 is 25.4 Å². The second kappa shape index (κ2) is 11.9. The molecule has 2 aromatic carbocycles. The highest BCUT2D eigenvalue weighted by molar-refractivity contribution is 6.04. The lowest BCUT2D eigenvalue weighted by Crippen LogP contribution is -2.50. The van der Waals surface area contributed by atoms with Crippen molar-refractivity contribution in [1.29, 1.82) is 0 Å². The number of carbonyl (C=O) groups excluding carboxylic acids is 1. The number of aliphatic hydroxyl groups is 3. The fourth-order valence-electron chi connectivity index (χ4n) is 1.69. The van der Waals surface area contributed by atoms with Gasteiger partial charge in [-0.25, -0.2) is 0 Å². The number of hydrogen-bond acceptors (Lipinski definition) is 5. The molecule has 0 aliphatic heterocycles. The zero-order valence-corrected chi connectivity index (χ0v) is 14.5. The summed E-state index contributed by atoms with van der Waals surface area (Å²) in [5.41, 5.74) is 5.99. The number of carbonyl (C=O) groups is 1. The van der Waals surface area contributed by atoms with E-state index in [1.54, 1.807) is 12.2 Å². The van der Waals surface area contributed by atoms with E-state index in [1.165, 1.54) is 0 Å². The van der Waals surface area contributed by atoms with Gasteiger partial charge in [-0.3, -0.25) is 4.79 Å². The molecule has 138 valence electrons. The van der Waals surface area contributed by atoms with Gasteiger partial charge in [0.2, 0.25) is 0 Å². The second-order valence-electron chi connectivity index (χ2n) is 5.73. The molecule has 0 aliphatic carbocycles. The van der Waals surface area contributed by atoms with Crippen LogP contribution in [0.3, 0.4) is 0 Å². The molecule has 5 N–H and O–H groups in total. The molecule has 0 fully saturated rings. The Morgan fingerprint density at radius 1 is 0.769 bits per heavy atom. The number of hydrogen-bond donors (Lipinski definition) is 4. The molecule has 0 saturated carbocycles. The number of aliphatic hydroxyl groups excluding tert-OH is 3. The highest BCUT2D eigenvalue weighted by Crippen LogP contribution is 2.03. The van der Waals surface area contributed by atoms with Crippen LogP contribution < -0.4 is 5.73 Å². The van der Waals surface area contributed by atoms with Gasteiger partial charge >= 0.3 is 0 Å². The van der Waals surface area contributed by atoms with Crippen molar-refractivity contribution >= 4 is 17.9 Å². The normalized spacial score (nSPS) is 11.4. The van der Waals surface area contributed by atoms with Crippen molar-refractivity contribution in [3.63, 3.8) is 0 Å². The molecule has 0 aromatic heterocycles. The molecule has 0 bridgehead atoms. The maximum Gasteiger partial charge on any atom is 0.178 e. The smallest absolute Gasteiger partial charge is 0.178 e. The number of benzene rings is 2. The van der Waals surface area contributed by atoms with Gasteiger partial charge in [0.25, 0.3) is 0 Å². The molecule has 26 heavy (non-hydrogen) atoms. The van der Waals surface area contributed by atoms with Crippen LogP contribution in [0, 0.1) is 0 Å².